The normalized spacial score (nSPS) is 10.9. The highest BCUT2D eigenvalue weighted by atomic mass is 16.3. The third-order valence-electron chi connectivity index (χ3n) is 3.28. The molecule has 0 fully saturated rings. The predicted molar refractivity (Wildman–Crippen MR) is 79.2 cm³/mol. The Hall–Kier alpha value is -2.40. The molecule has 5 nitrogen and oxygen atoms in total. The first kappa shape index (κ1) is 12.6. The van der Waals surface area contributed by atoms with Gasteiger partial charge in [-0.25, -0.2) is 15.8 Å². The molecule has 0 saturated heterocycles. The molecule has 0 spiro atoms. The van der Waals surface area contributed by atoms with Gasteiger partial charge in [-0.2, -0.15) is 0 Å². The van der Waals surface area contributed by atoms with Crippen LogP contribution < -0.4 is 11.3 Å². The second kappa shape index (κ2) is 4.94. The zero-order valence-corrected chi connectivity index (χ0v) is 11.5. The summed E-state index contributed by atoms with van der Waals surface area (Å²) in [6.07, 6.45) is 0.818. The summed E-state index contributed by atoms with van der Waals surface area (Å²) < 4.78 is 5.77. The third-order valence-corrected chi connectivity index (χ3v) is 3.28. The lowest BCUT2D eigenvalue weighted by Gasteiger charge is -2.06. The quantitative estimate of drug-likeness (QED) is 0.564. The summed E-state index contributed by atoms with van der Waals surface area (Å²) in [5.41, 5.74) is 5.29. The van der Waals surface area contributed by atoms with E-state index in [4.69, 9.17) is 10.3 Å². The van der Waals surface area contributed by atoms with Gasteiger partial charge in [-0.1, -0.05) is 25.1 Å². The number of furan rings is 1. The first-order valence-electron chi connectivity index (χ1n) is 6.56. The number of nitrogen functional groups attached to an aromatic ring is 1. The topological polar surface area (TPSA) is 77.0 Å². The van der Waals surface area contributed by atoms with Crippen LogP contribution in [0.1, 0.15) is 18.4 Å². The van der Waals surface area contributed by atoms with Crippen molar-refractivity contribution in [2.24, 2.45) is 5.84 Å². The van der Waals surface area contributed by atoms with Crippen LogP contribution in [-0.4, -0.2) is 9.97 Å². The first-order chi connectivity index (χ1) is 9.72. The maximum atomic E-state index is 5.77. The number of hydrogen-bond donors (Lipinski definition) is 2. The van der Waals surface area contributed by atoms with E-state index in [0.29, 0.717) is 11.6 Å². The van der Waals surface area contributed by atoms with Gasteiger partial charge in [0, 0.05) is 17.1 Å². The summed E-state index contributed by atoms with van der Waals surface area (Å²) in [5, 5.41) is 1.02. The number of hydrogen-bond acceptors (Lipinski definition) is 5. The van der Waals surface area contributed by atoms with Crippen molar-refractivity contribution in [2.75, 3.05) is 5.43 Å². The number of nitrogens with one attached hydrogen (secondary N) is 1. The van der Waals surface area contributed by atoms with Gasteiger partial charge >= 0.3 is 0 Å². The molecule has 3 rings (SSSR count). The molecule has 0 bridgehead atoms. The van der Waals surface area contributed by atoms with Crippen molar-refractivity contribution in [2.45, 2.75) is 20.3 Å². The highest BCUT2D eigenvalue weighted by Gasteiger charge is 2.16. The van der Waals surface area contributed by atoms with E-state index >= 15 is 0 Å². The summed E-state index contributed by atoms with van der Waals surface area (Å²) in [7, 11) is 0. The van der Waals surface area contributed by atoms with Crippen molar-refractivity contribution >= 4 is 16.8 Å². The molecule has 3 aromatic rings. The molecule has 0 aliphatic rings. The zero-order valence-electron chi connectivity index (χ0n) is 11.5. The van der Waals surface area contributed by atoms with Crippen molar-refractivity contribution in [3.05, 3.63) is 41.8 Å². The fraction of sp³-hybridized carbons (Fsp3) is 0.200. The van der Waals surface area contributed by atoms with Gasteiger partial charge in [0.15, 0.2) is 5.82 Å². The lowest BCUT2D eigenvalue weighted by molar-refractivity contribution is 0.579. The van der Waals surface area contributed by atoms with Gasteiger partial charge in [-0.3, -0.25) is 0 Å². The number of benzene rings is 1. The van der Waals surface area contributed by atoms with Crippen LogP contribution >= 0.6 is 0 Å². The Morgan fingerprint density at radius 3 is 2.80 bits per heavy atom. The van der Waals surface area contributed by atoms with E-state index < -0.39 is 0 Å². The van der Waals surface area contributed by atoms with E-state index in [1.807, 2.05) is 44.2 Å². The molecular weight excluding hydrogens is 252 g/mol. The van der Waals surface area contributed by atoms with Crippen LogP contribution in [0.15, 0.2) is 34.7 Å². The second-order valence-corrected chi connectivity index (χ2v) is 4.60. The molecule has 102 valence electrons. The Bertz CT molecular complexity index is 741. The van der Waals surface area contributed by atoms with Crippen LogP contribution in [-0.2, 0) is 6.42 Å². The van der Waals surface area contributed by atoms with Gasteiger partial charge in [0.25, 0.3) is 0 Å². The molecule has 3 N–H and O–H groups in total. The Labute approximate surface area is 116 Å². The number of hydrazine groups is 1. The number of nitrogens with two attached hydrogens (primary N) is 1. The van der Waals surface area contributed by atoms with Crippen molar-refractivity contribution < 1.29 is 4.42 Å². The molecule has 0 saturated carbocycles. The van der Waals surface area contributed by atoms with Gasteiger partial charge in [0.05, 0.1) is 5.56 Å². The number of aromatic nitrogens is 2. The summed E-state index contributed by atoms with van der Waals surface area (Å²) >= 11 is 0. The minimum atomic E-state index is 0.608. The zero-order chi connectivity index (χ0) is 14.1. The van der Waals surface area contributed by atoms with Crippen LogP contribution in [0.5, 0.6) is 0 Å². The van der Waals surface area contributed by atoms with Crippen LogP contribution in [0.2, 0.25) is 0 Å². The van der Waals surface area contributed by atoms with Gasteiger partial charge in [0.2, 0.25) is 0 Å². The van der Waals surface area contributed by atoms with E-state index in [1.165, 1.54) is 0 Å². The average molecular weight is 268 g/mol. The van der Waals surface area contributed by atoms with Crippen molar-refractivity contribution in [3.8, 4) is 11.4 Å². The number of nitrogens with zero attached hydrogens (tertiary/aromatic N) is 2. The fourth-order valence-corrected chi connectivity index (χ4v) is 2.31. The molecule has 0 amide bonds. The monoisotopic (exact) mass is 268 g/mol. The highest BCUT2D eigenvalue weighted by Crippen LogP contribution is 2.32. The second-order valence-electron chi connectivity index (χ2n) is 4.60. The smallest absolute Gasteiger partial charge is 0.165 e. The molecule has 0 aliphatic heterocycles. The largest absolute Gasteiger partial charge is 0.461 e. The van der Waals surface area contributed by atoms with Crippen molar-refractivity contribution in [1.29, 1.82) is 0 Å². The van der Waals surface area contributed by atoms with Gasteiger partial charge < -0.3 is 9.84 Å². The average Bonchev–Trinajstić information content (AvgIpc) is 2.82. The van der Waals surface area contributed by atoms with Crippen molar-refractivity contribution in [1.82, 2.24) is 9.97 Å². The van der Waals surface area contributed by atoms with E-state index in [9.17, 15) is 0 Å². The molecule has 1 aromatic carbocycles. The molecule has 5 heteroatoms. The summed E-state index contributed by atoms with van der Waals surface area (Å²) in [6.45, 7) is 3.97. The van der Waals surface area contributed by atoms with Crippen LogP contribution in [0.3, 0.4) is 0 Å². The van der Waals surface area contributed by atoms with Gasteiger partial charge in [-0.15, -0.1) is 0 Å². The highest BCUT2D eigenvalue weighted by molar-refractivity contribution is 5.93. The van der Waals surface area contributed by atoms with E-state index in [1.54, 1.807) is 0 Å². The standard InChI is InChI=1S/C15H16N4O/c1-3-10-8-13(19-16)18-15(17-10)14-9(2)20-12-7-5-4-6-11(12)14/h4-8H,3,16H2,1-2H3,(H,17,18,19). The maximum absolute atomic E-state index is 5.77. The molecule has 2 aromatic heterocycles. The Morgan fingerprint density at radius 1 is 1.25 bits per heavy atom. The molecule has 20 heavy (non-hydrogen) atoms. The number of para-hydroxylation sites is 1. The lowest BCUT2D eigenvalue weighted by Crippen LogP contribution is -2.10. The molecule has 0 atom stereocenters. The molecule has 0 unspecified atom stereocenters. The Morgan fingerprint density at radius 2 is 2.05 bits per heavy atom. The van der Waals surface area contributed by atoms with Gasteiger partial charge in [0.1, 0.15) is 17.2 Å². The minimum Gasteiger partial charge on any atom is -0.461 e. The SMILES string of the molecule is CCc1cc(NN)nc(-c2c(C)oc3ccccc23)n1. The molecule has 0 radical (unpaired) electrons. The van der Waals surface area contributed by atoms with E-state index in [2.05, 4.69) is 15.4 Å². The van der Waals surface area contributed by atoms with Crippen molar-refractivity contribution in [3.63, 3.8) is 0 Å². The molecule has 2 heterocycles. The summed E-state index contributed by atoms with van der Waals surface area (Å²) in [5.74, 6) is 7.54. The fourth-order valence-electron chi connectivity index (χ4n) is 2.31. The Balaban J connectivity index is 2.27. The van der Waals surface area contributed by atoms with E-state index in [0.717, 1.165) is 34.4 Å². The maximum Gasteiger partial charge on any atom is 0.165 e. The molecule has 0 aliphatic carbocycles. The number of aryl methyl sites for hydroxylation is 2. The van der Waals surface area contributed by atoms with Crippen LogP contribution in [0.25, 0.3) is 22.4 Å². The first-order valence-corrected chi connectivity index (χ1v) is 6.56. The van der Waals surface area contributed by atoms with Crippen LogP contribution in [0, 0.1) is 6.92 Å². The minimum absolute atomic E-state index is 0.608. The number of rotatable bonds is 3. The number of fused-ring (bicyclic) bond motifs is 1. The molecular formula is C15H16N4O. The number of anilines is 1. The predicted octanol–water partition coefficient (Wildman–Crippen LogP) is 3.05. The summed E-state index contributed by atoms with van der Waals surface area (Å²) in [6, 6.07) is 9.73. The lowest BCUT2D eigenvalue weighted by atomic mass is 10.1. The van der Waals surface area contributed by atoms with Crippen LogP contribution in [0.4, 0.5) is 5.82 Å². The van der Waals surface area contributed by atoms with Gasteiger partial charge in [-0.05, 0) is 19.4 Å². The Kier molecular flexibility index (Phi) is 3.12. The third kappa shape index (κ3) is 2.02. The summed E-state index contributed by atoms with van der Waals surface area (Å²) in [4.78, 5) is 9.03. The van der Waals surface area contributed by atoms with E-state index in [-0.39, 0.29) is 0 Å².